The van der Waals surface area contributed by atoms with Crippen LogP contribution in [0.1, 0.15) is 52.4 Å². The quantitative estimate of drug-likeness (QED) is 0.864. The Morgan fingerprint density at radius 2 is 2.14 bits per heavy atom. The zero-order chi connectivity index (χ0) is 14.7. The first-order valence-electron chi connectivity index (χ1n) is 8.02. The number of aryl methyl sites for hydroxylation is 3. The molecule has 0 saturated heterocycles. The lowest BCUT2D eigenvalue weighted by atomic mass is 10.0. The molecule has 1 N–H and O–H groups in total. The molecule has 21 heavy (non-hydrogen) atoms. The average molecular weight is 300 g/mol. The highest BCUT2D eigenvalue weighted by Gasteiger charge is 2.16. The summed E-state index contributed by atoms with van der Waals surface area (Å²) in [5, 5.41) is 4.84. The van der Waals surface area contributed by atoms with E-state index in [-0.39, 0.29) is 0 Å². The average Bonchev–Trinajstić information content (AvgIpc) is 3.11. The summed E-state index contributed by atoms with van der Waals surface area (Å²) < 4.78 is 0. The maximum Gasteiger partial charge on any atom is 0.0897 e. The van der Waals surface area contributed by atoms with Gasteiger partial charge in [-0.15, -0.1) is 11.3 Å². The second kappa shape index (κ2) is 6.71. The first-order valence-corrected chi connectivity index (χ1v) is 8.84. The van der Waals surface area contributed by atoms with Gasteiger partial charge in [-0.05, 0) is 62.3 Å². The number of hydrogen-bond acceptors (Lipinski definition) is 3. The molecule has 1 heterocycles. The molecule has 1 atom stereocenters. The van der Waals surface area contributed by atoms with E-state index in [1.165, 1.54) is 36.1 Å². The molecule has 2 nitrogen and oxygen atoms in total. The van der Waals surface area contributed by atoms with Crippen molar-refractivity contribution in [1.82, 2.24) is 10.3 Å². The molecular weight excluding hydrogens is 276 g/mol. The molecule has 0 saturated carbocycles. The number of aromatic nitrogens is 1. The van der Waals surface area contributed by atoms with Gasteiger partial charge < -0.3 is 5.32 Å². The Morgan fingerprint density at radius 1 is 1.29 bits per heavy atom. The van der Waals surface area contributed by atoms with Gasteiger partial charge in [-0.2, -0.15) is 0 Å². The van der Waals surface area contributed by atoms with Crippen LogP contribution in [0.15, 0.2) is 24.4 Å². The van der Waals surface area contributed by atoms with Crippen LogP contribution in [0.4, 0.5) is 0 Å². The highest BCUT2D eigenvalue weighted by Crippen LogP contribution is 2.27. The Hall–Kier alpha value is -1.19. The number of rotatable bonds is 6. The standard InChI is InChI=1S/C18H24N2S/c1-3-9-19-17(18-12-20-13(2)21-18)11-14-7-8-15-5-4-6-16(15)10-14/h7-8,10,12,17,19H,3-6,9,11H2,1-2H3. The molecule has 0 radical (unpaired) electrons. The highest BCUT2D eigenvalue weighted by molar-refractivity contribution is 7.11. The van der Waals surface area contributed by atoms with Gasteiger partial charge in [0, 0.05) is 17.1 Å². The van der Waals surface area contributed by atoms with Crippen molar-refractivity contribution < 1.29 is 0 Å². The van der Waals surface area contributed by atoms with E-state index in [1.807, 2.05) is 17.5 Å². The van der Waals surface area contributed by atoms with Crippen LogP contribution in [0.2, 0.25) is 0 Å². The molecule has 1 aliphatic carbocycles. The normalized spacial score (nSPS) is 15.1. The van der Waals surface area contributed by atoms with Gasteiger partial charge >= 0.3 is 0 Å². The number of nitrogens with one attached hydrogen (secondary N) is 1. The van der Waals surface area contributed by atoms with Gasteiger partial charge in [0.2, 0.25) is 0 Å². The molecule has 1 aliphatic rings. The number of fused-ring (bicyclic) bond motifs is 1. The van der Waals surface area contributed by atoms with Gasteiger partial charge in [-0.25, -0.2) is 4.98 Å². The van der Waals surface area contributed by atoms with Crippen molar-refractivity contribution in [2.24, 2.45) is 0 Å². The minimum absolute atomic E-state index is 0.399. The van der Waals surface area contributed by atoms with Crippen molar-refractivity contribution in [2.45, 2.75) is 52.0 Å². The van der Waals surface area contributed by atoms with E-state index in [2.05, 4.69) is 42.3 Å². The van der Waals surface area contributed by atoms with E-state index >= 15 is 0 Å². The summed E-state index contributed by atoms with van der Waals surface area (Å²) in [4.78, 5) is 5.79. The monoisotopic (exact) mass is 300 g/mol. The van der Waals surface area contributed by atoms with Crippen LogP contribution < -0.4 is 5.32 Å². The maximum atomic E-state index is 4.42. The summed E-state index contributed by atoms with van der Waals surface area (Å²) in [6.07, 6.45) is 8.12. The second-order valence-electron chi connectivity index (χ2n) is 5.95. The maximum absolute atomic E-state index is 4.42. The zero-order valence-electron chi connectivity index (χ0n) is 13.0. The molecule has 0 aliphatic heterocycles. The van der Waals surface area contributed by atoms with Crippen LogP contribution in [0.5, 0.6) is 0 Å². The Labute approximate surface area is 131 Å². The molecule has 3 rings (SSSR count). The predicted molar refractivity (Wildman–Crippen MR) is 90.1 cm³/mol. The summed E-state index contributed by atoms with van der Waals surface area (Å²) in [6.45, 7) is 5.37. The summed E-state index contributed by atoms with van der Waals surface area (Å²) in [5.41, 5.74) is 4.59. The van der Waals surface area contributed by atoms with Crippen molar-refractivity contribution in [1.29, 1.82) is 0 Å². The number of nitrogens with zero attached hydrogens (tertiary/aromatic N) is 1. The zero-order valence-corrected chi connectivity index (χ0v) is 13.8. The van der Waals surface area contributed by atoms with Crippen LogP contribution in [-0.4, -0.2) is 11.5 Å². The third kappa shape index (κ3) is 3.53. The Bertz CT molecular complexity index is 603. The molecule has 0 amide bonds. The molecule has 0 spiro atoms. The van der Waals surface area contributed by atoms with Crippen LogP contribution in [0.3, 0.4) is 0 Å². The third-order valence-corrected chi connectivity index (χ3v) is 5.25. The first-order chi connectivity index (χ1) is 10.3. The summed E-state index contributed by atoms with van der Waals surface area (Å²) in [7, 11) is 0. The van der Waals surface area contributed by atoms with E-state index in [0.717, 1.165) is 18.0 Å². The fraction of sp³-hybridized carbons (Fsp3) is 0.500. The van der Waals surface area contributed by atoms with Gasteiger partial charge in [-0.1, -0.05) is 25.1 Å². The van der Waals surface area contributed by atoms with E-state index < -0.39 is 0 Å². The van der Waals surface area contributed by atoms with Crippen molar-refractivity contribution in [3.05, 3.63) is 51.0 Å². The smallest absolute Gasteiger partial charge is 0.0897 e. The van der Waals surface area contributed by atoms with Crippen molar-refractivity contribution in [3.8, 4) is 0 Å². The van der Waals surface area contributed by atoms with Gasteiger partial charge in [-0.3, -0.25) is 0 Å². The fourth-order valence-corrected chi connectivity index (χ4v) is 3.98. The summed E-state index contributed by atoms with van der Waals surface area (Å²) in [6, 6.07) is 7.48. The van der Waals surface area contributed by atoms with Gasteiger partial charge in [0.05, 0.1) is 5.01 Å². The Balaban J connectivity index is 1.77. The highest BCUT2D eigenvalue weighted by atomic mass is 32.1. The second-order valence-corrected chi connectivity index (χ2v) is 7.22. The van der Waals surface area contributed by atoms with Crippen LogP contribution in [-0.2, 0) is 19.3 Å². The fourth-order valence-electron chi connectivity index (χ4n) is 3.12. The minimum Gasteiger partial charge on any atom is -0.309 e. The molecule has 1 unspecified atom stereocenters. The Kier molecular flexibility index (Phi) is 4.71. The largest absolute Gasteiger partial charge is 0.309 e. The molecule has 1 aromatic carbocycles. The van der Waals surface area contributed by atoms with E-state index in [1.54, 1.807) is 11.1 Å². The van der Waals surface area contributed by atoms with Crippen LogP contribution in [0.25, 0.3) is 0 Å². The van der Waals surface area contributed by atoms with Crippen molar-refractivity contribution >= 4 is 11.3 Å². The number of hydrogen-bond donors (Lipinski definition) is 1. The lowest BCUT2D eigenvalue weighted by molar-refractivity contribution is 0.536. The number of thiazole rings is 1. The first kappa shape index (κ1) is 14.7. The molecule has 1 aromatic heterocycles. The Morgan fingerprint density at radius 3 is 2.90 bits per heavy atom. The third-order valence-electron chi connectivity index (χ3n) is 4.23. The lowest BCUT2D eigenvalue weighted by Crippen LogP contribution is -2.23. The van der Waals surface area contributed by atoms with Gasteiger partial charge in [0.15, 0.2) is 0 Å². The van der Waals surface area contributed by atoms with E-state index in [9.17, 15) is 0 Å². The molecule has 112 valence electrons. The van der Waals surface area contributed by atoms with Crippen molar-refractivity contribution in [3.63, 3.8) is 0 Å². The molecule has 0 fully saturated rings. The molecule has 2 aromatic rings. The molecule has 0 bridgehead atoms. The lowest BCUT2D eigenvalue weighted by Gasteiger charge is -2.17. The van der Waals surface area contributed by atoms with Gasteiger partial charge in [0.1, 0.15) is 0 Å². The topological polar surface area (TPSA) is 24.9 Å². The number of benzene rings is 1. The predicted octanol–water partition coefficient (Wildman–Crippen LogP) is 4.22. The SMILES string of the molecule is CCCNC(Cc1ccc2c(c1)CCC2)c1cnc(C)s1. The molecule has 3 heteroatoms. The summed E-state index contributed by atoms with van der Waals surface area (Å²) >= 11 is 1.82. The van der Waals surface area contributed by atoms with Crippen LogP contribution >= 0.6 is 11.3 Å². The van der Waals surface area contributed by atoms with Gasteiger partial charge in [0.25, 0.3) is 0 Å². The van der Waals surface area contributed by atoms with E-state index in [0.29, 0.717) is 6.04 Å². The summed E-state index contributed by atoms with van der Waals surface area (Å²) in [5.74, 6) is 0. The van der Waals surface area contributed by atoms with Crippen molar-refractivity contribution in [2.75, 3.05) is 6.54 Å². The van der Waals surface area contributed by atoms with Crippen LogP contribution in [0, 0.1) is 6.92 Å². The molecular formula is C18H24N2S. The minimum atomic E-state index is 0.399. The van der Waals surface area contributed by atoms with E-state index in [4.69, 9.17) is 0 Å².